The lowest BCUT2D eigenvalue weighted by Crippen LogP contribution is -2.09. The highest BCUT2D eigenvalue weighted by Gasteiger charge is 2.06. The molecule has 0 saturated carbocycles. The van der Waals surface area contributed by atoms with Gasteiger partial charge in [0.25, 0.3) is 5.56 Å². The van der Waals surface area contributed by atoms with Crippen molar-refractivity contribution < 1.29 is 4.74 Å². The minimum atomic E-state index is -0.155. The number of para-hydroxylation sites is 1. The van der Waals surface area contributed by atoms with E-state index in [1.165, 1.54) is 0 Å². The fraction of sp³-hybridized carbons (Fsp3) is 0. The van der Waals surface area contributed by atoms with Crippen molar-refractivity contribution in [2.45, 2.75) is 0 Å². The first kappa shape index (κ1) is 14.2. The van der Waals surface area contributed by atoms with Crippen molar-refractivity contribution in [2.75, 3.05) is 0 Å². The Morgan fingerprint density at radius 2 is 1.58 bits per heavy atom. The van der Waals surface area contributed by atoms with Crippen LogP contribution in [0.15, 0.2) is 83.8 Å². The molecule has 0 spiro atoms. The molecule has 0 radical (unpaired) electrons. The second kappa shape index (κ2) is 6.01. The Labute approximate surface area is 138 Å². The van der Waals surface area contributed by atoms with Crippen molar-refractivity contribution in [3.63, 3.8) is 0 Å². The standard InChI is InChI=1S/C20H14N2O2/c23-20-18(13-15-5-4-12-21-19(15)22-20)14-8-10-17(11-9-14)24-16-6-2-1-3-7-16/h1-13H,(H,21,22,23). The van der Waals surface area contributed by atoms with Crippen LogP contribution in [-0.4, -0.2) is 9.97 Å². The minimum absolute atomic E-state index is 0.155. The van der Waals surface area contributed by atoms with Crippen LogP contribution in [0.2, 0.25) is 0 Å². The second-order valence-electron chi connectivity index (χ2n) is 5.39. The van der Waals surface area contributed by atoms with E-state index >= 15 is 0 Å². The third kappa shape index (κ3) is 2.77. The van der Waals surface area contributed by atoms with E-state index in [0.29, 0.717) is 11.2 Å². The van der Waals surface area contributed by atoms with Crippen LogP contribution in [-0.2, 0) is 0 Å². The van der Waals surface area contributed by atoms with E-state index in [2.05, 4.69) is 9.97 Å². The second-order valence-corrected chi connectivity index (χ2v) is 5.39. The SMILES string of the molecule is O=c1[nH]c2ncccc2cc1-c1ccc(Oc2ccccc2)cc1. The zero-order valence-corrected chi connectivity index (χ0v) is 12.8. The Morgan fingerprint density at radius 1 is 0.833 bits per heavy atom. The van der Waals surface area contributed by atoms with E-state index in [0.717, 1.165) is 22.4 Å². The zero-order valence-electron chi connectivity index (χ0n) is 12.8. The Hall–Kier alpha value is -3.40. The molecule has 116 valence electrons. The molecule has 0 saturated heterocycles. The highest BCUT2D eigenvalue weighted by Crippen LogP contribution is 2.25. The highest BCUT2D eigenvalue weighted by atomic mass is 16.5. The first-order valence-corrected chi connectivity index (χ1v) is 7.61. The van der Waals surface area contributed by atoms with E-state index in [1.807, 2.05) is 72.8 Å². The number of ether oxygens (including phenoxy) is 1. The Bertz CT molecular complexity index is 1040. The van der Waals surface area contributed by atoms with Gasteiger partial charge in [-0.15, -0.1) is 0 Å². The maximum atomic E-state index is 12.3. The summed E-state index contributed by atoms with van der Waals surface area (Å²) >= 11 is 0. The predicted octanol–water partition coefficient (Wildman–Crippen LogP) is 4.38. The van der Waals surface area contributed by atoms with Gasteiger partial charge in [-0.1, -0.05) is 30.3 Å². The summed E-state index contributed by atoms with van der Waals surface area (Å²) in [5.41, 5.74) is 1.89. The third-order valence-electron chi connectivity index (χ3n) is 3.76. The number of hydrogen-bond donors (Lipinski definition) is 1. The van der Waals surface area contributed by atoms with Gasteiger partial charge in [0, 0.05) is 17.1 Å². The van der Waals surface area contributed by atoms with Gasteiger partial charge in [0.05, 0.1) is 0 Å². The van der Waals surface area contributed by atoms with Gasteiger partial charge >= 0.3 is 0 Å². The molecule has 1 N–H and O–H groups in total. The van der Waals surface area contributed by atoms with Crippen LogP contribution in [0.1, 0.15) is 0 Å². The summed E-state index contributed by atoms with van der Waals surface area (Å²) in [6, 6.07) is 22.7. The van der Waals surface area contributed by atoms with Crippen molar-refractivity contribution in [3.05, 3.63) is 89.3 Å². The molecule has 2 aromatic carbocycles. The molecule has 4 aromatic rings. The lowest BCUT2D eigenvalue weighted by atomic mass is 10.1. The van der Waals surface area contributed by atoms with Gasteiger partial charge in [0.1, 0.15) is 17.1 Å². The maximum absolute atomic E-state index is 12.3. The molecule has 0 fully saturated rings. The average molecular weight is 314 g/mol. The van der Waals surface area contributed by atoms with E-state index in [9.17, 15) is 4.79 Å². The highest BCUT2D eigenvalue weighted by molar-refractivity contribution is 5.80. The number of hydrogen-bond acceptors (Lipinski definition) is 3. The van der Waals surface area contributed by atoms with E-state index in [1.54, 1.807) is 6.20 Å². The number of H-pyrrole nitrogens is 1. The summed E-state index contributed by atoms with van der Waals surface area (Å²) in [7, 11) is 0. The van der Waals surface area contributed by atoms with Crippen molar-refractivity contribution in [1.29, 1.82) is 0 Å². The van der Waals surface area contributed by atoms with Gasteiger partial charge in [-0.25, -0.2) is 4.98 Å². The van der Waals surface area contributed by atoms with Crippen LogP contribution in [0, 0.1) is 0 Å². The molecule has 4 heteroatoms. The third-order valence-corrected chi connectivity index (χ3v) is 3.76. The molecular weight excluding hydrogens is 300 g/mol. The molecule has 24 heavy (non-hydrogen) atoms. The zero-order chi connectivity index (χ0) is 16.4. The van der Waals surface area contributed by atoms with Gasteiger partial charge in [-0.3, -0.25) is 4.79 Å². The van der Waals surface area contributed by atoms with E-state index in [-0.39, 0.29) is 5.56 Å². The molecule has 0 unspecified atom stereocenters. The summed E-state index contributed by atoms with van der Waals surface area (Å²) in [4.78, 5) is 19.3. The molecule has 0 aliphatic carbocycles. The van der Waals surface area contributed by atoms with Crippen LogP contribution in [0.4, 0.5) is 0 Å². The Kier molecular flexibility index (Phi) is 3.56. The minimum Gasteiger partial charge on any atom is -0.457 e. The van der Waals surface area contributed by atoms with Crippen molar-refractivity contribution in [2.24, 2.45) is 0 Å². The van der Waals surface area contributed by atoms with Crippen LogP contribution in [0.3, 0.4) is 0 Å². The Balaban J connectivity index is 1.68. The molecule has 4 nitrogen and oxygen atoms in total. The number of benzene rings is 2. The first-order valence-electron chi connectivity index (χ1n) is 7.61. The molecule has 0 aliphatic rings. The summed E-state index contributed by atoms with van der Waals surface area (Å²) in [6.07, 6.45) is 1.66. The molecule has 2 aromatic heterocycles. The largest absolute Gasteiger partial charge is 0.457 e. The fourth-order valence-electron chi connectivity index (χ4n) is 2.58. The number of nitrogens with one attached hydrogen (secondary N) is 1. The number of nitrogens with zero attached hydrogens (tertiary/aromatic N) is 1. The van der Waals surface area contributed by atoms with E-state index < -0.39 is 0 Å². The monoisotopic (exact) mass is 314 g/mol. The van der Waals surface area contributed by atoms with Crippen molar-refractivity contribution >= 4 is 11.0 Å². The fourth-order valence-corrected chi connectivity index (χ4v) is 2.58. The van der Waals surface area contributed by atoms with Crippen LogP contribution < -0.4 is 10.3 Å². The number of pyridine rings is 2. The van der Waals surface area contributed by atoms with Gasteiger partial charge in [-0.05, 0) is 48.0 Å². The summed E-state index contributed by atoms with van der Waals surface area (Å²) in [6.45, 7) is 0. The molecule has 0 bridgehead atoms. The summed E-state index contributed by atoms with van der Waals surface area (Å²) in [5.74, 6) is 1.50. The molecule has 4 rings (SSSR count). The average Bonchev–Trinajstić information content (AvgIpc) is 2.63. The summed E-state index contributed by atoms with van der Waals surface area (Å²) in [5, 5.41) is 0.900. The van der Waals surface area contributed by atoms with Gasteiger partial charge in [0.15, 0.2) is 0 Å². The lowest BCUT2D eigenvalue weighted by molar-refractivity contribution is 0.483. The van der Waals surface area contributed by atoms with Crippen LogP contribution in [0.5, 0.6) is 11.5 Å². The predicted molar refractivity (Wildman–Crippen MR) is 94.3 cm³/mol. The molecule has 0 aliphatic heterocycles. The first-order chi connectivity index (χ1) is 11.8. The summed E-state index contributed by atoms with van der Waals surface area (Å²) < 4.78 is 5.77. The molecule has 0 atom stereocenters. The van der Waals surface area contributed by atoms with Crippen LogP contribution in [0.25, 0.3) is 22.2 Å². The van der Waals surface area contributed by atoms with Gasteiger partial charge < -0.3 is 9.72 Å². The topological polar surface area (TPSA) is 55.0 Å². The molecular formula is C20H14N2O2. The number of aromatic nitrogens is 2. The number of rotatable bonds is 3. The normalized spacial score (nSPS) is 10.7. The van der Waals surface area contributed by atoms with Crippen LogP contribution >= 0.6 is 0 Å². The smallest absolute Gasteiger partial charge is 0.257 e. The lowest BCUT2D eigenvalue weighted by Gasteiger charge is -2.07. The van der Waals surface area contributed by atoms with Gasteiger partial charge in [0.2, 0.25) is 0 Å². The maximum Gasteiger partial charge on any atom is 0.257 e. The number of fused-ring (bicyclic) bond motifs is 1. The molecule has 0 amide bonds. The van der Waals surface area contributed by atoms with Crippen molar-refractivity contribution in [3.8, 4) is 22.6 Å². The number of aromatic amines is 1. The van der Waals surface area contributed by atoms with E-state index in [4.69, 9.17) is 4.74 Å². The van der Waals surface area contributed by atoms with Crippen molar-refractivity contribution in [1.82, 2.24) is 9.97 Å². The quantitative estimate of drug-likeness (QED) is 0.610. The molecule has 2 heterocycles. The van der Waals surface area contributed by atoms with Gasteiger partial charge in [-0.2, -0.15) is 0 Å². The Morgan fingerprint density at radius 3 is 2.38 bits per heavy atom.